The quantitative estimate of drug-likeness (QED) is 0.480. The molecular weight excluding hydrogens is 171 g/mol. The van der Waals surface area contributed by atoms with E-state index in [1.54, 1.807) is 0 Å². The Morgan fingerprint density at radius 2 is 1.20 bits per heavy atom. The summed E-state index contributed by atoms with van der Waals surface area (Å²) in [7, 11) is 0. The Morgan fingerprint density at radius 1 is 1.00 bits per heavy atom. The van der Waals surface area contributed by atoms with Gasteiger partial charge in [0.15, 0.2) is 0 Å². The molecule has 0 saturated carbocycles. The summed E-state index contributed by atoms with van der Waals surface area (Å²) in [5, 5.41) is 15.2. The van der Waals surface area contributed by atoms with Crippen molar-refractivity contribution in [2.45, 2.75) is 0 Å². The van der Waals surface area contributed by atoms with E-state index in [1.165, 1.54) is 0 Å². The van der Waals surface area contributed by atoms with Gasteiger partial charge in [-0.1, -0.05) is 0 Å². The van der Waals surface area contributed by atoms with Gasteiger partial charge < -0.3 is 10.2 Å². The topological polar surface area (TPSA) is 40.5 Å². The molecule has 0 aliphatic carbocycles. The molecule has 0 saturated heterocycles. The van der Waals surface area contributed by atoms with Gasteiger partial charge in [-0.15, -0.1) is 0 Å². The van der Waals surface area contributed by atoms with Gasteiger partial charge in [0.1, 0.15) is 0 Å². The van der Waals surface area contributed by atoms with Crippen molar-refractivity contribution in [2.75, 3.05) is 13.2 Å². The Hall–Kier alpha value is 0.790. The molecule has 32 valence electrons. The van der Waals surface area contributed by atoms with Gasteiger partial charge >= 0.3 is 25.8 Å². The van der Waals surface area contributed by atoms with E-state index in [9.17, 15) is 0 Å². The van der Waals surface area contributed by atoms with Gasteiger partial charge in [-0.05, 0) is 0 Å². The fraction of sp³-hybridized carbons (Fsp3) is 1.00. The first-order valence-corrected chi connectivity index (χ1v) is 1.13. The monoisotopic (exact) mass is 180 g/mol. The standard InChI is InChI=1S/C2H6O2.In.3H/c3-1-2-4;;;;/h3-4H,1-2H2;;;;. The van der Waals surface area contributed by atoms with Crippen molar-refractivity contribution in [1.29, 1.82) is 0 Å². The molecule has 0 amide bonds. The second-order valence-electron chi connectivity index (χ2n) is 0.447. The molecule has 0 atom stereocenters. The molecule has 0 rings (SSSR count). The average molecular weight is 180 g/mol. The van der Waals surface area contributed by atoms with E-state index in [-0.39, 0.29) is 39.1 Å². The van der Waals surface area contributed by atoms with Crippen molar-refractivity contribution in [3.63, 3.8) is 0 Å². The molecule has 0 aromatic heterocycles. The predicted octanol–water partition coefficient (Wildman–Crippen LogP) is -2.21. The minimum atomic E-state index is -0.125. The first-order chi connectivity index (χ1) is 1.91. The summed E-state index contributed by atoms with van der Waals surface area (Å²) in [6, 6.07) is 0. The molecule has 0 fully saturated rings. The van der Waals surface area contributed by atoms with Crippen LogP contribution in [0.3, 0.4) is 0 Å². The molecule has 0 heterocycles. The third-order valence-electron chi connectivity index (χ3n) is 0.1000. The SMILES string of the molecule is OCCO.[InH3]. The fourth-order valence-corrected chi connectivity index (χ4v) is 0. The summed E-state index contributed by atoms with van der Waals surface area (Å²) in [4.78, 5) is 0. The Labute approximate surface area is 49.6 Å². The van der Waals surface area contributed by atoms with Gasteiger partial charge in [0, 0.05) is 0 Å². The van der Waals surface area contributed by atoms with Crippen LogP contribution in [-0.2, 0) is 0 Å². The molecule has 0 bridgehead atoms. The molecule has 0 aromatic rings. The summed E-state index contributed by atoms with van der Waals surface area (Å²) in [6.07, 6.45) is 0. The molecule has 0 unspecified atom stereocenters. The van der Waals surface area contributed by atoms with Crippen molar-refractivity contribution in [3.8, 4) is 0 Å². The Bertz CT molecular complexity index is 9.61. The van der Waals surface area contributed by atoms with Crippen molar-refractivity contribution < 1.29 is 10.2 Å². The first kappa shape index (κ1) is 9.25. The summed E-state index contributed by atoms with van der Waals surface area (Å²) >= 11 is 0. The summed E-state index contributed by atoms with van der Waals surface area (Å²) < 4.78 is 0. The number of rotatable bonds is 1. The second kappa shape index (κ2) is 8.84. The minimum absolute atomic E-state index is 0. The zero-order valence-electron chi connectivity index (χ0n) is 2.31. The molecule has 0 aliphatic heterocycles. The number of hydrogen-bond donors (Lipinski definition) is 2. The van der Waals surface area contributed by atoms with E-state index in [4.69, 9.17) is 10.2 Å². The van der Waals surface area contributed by atoms with Crippen LogP contribution in [-0.4, -0.2) is 49.3 Å². The average Bonchev–Trinajstić information content (AvgIpc) is 1.37. The van der Waals surface area contributed by atoms with Crippen molar-refractivity contribution >= 4 is 25.8 Å². The number of hydrogen-bond acceptors (Lipinski definition) is 2. The van der Waals surface area contributed by atoms with Crippen LogP contribution in [0.15, 0.2) is 0 Å². The Morgan fingerprint density at radius 3 is 1.20 bits per heavy atom. The van der Waals surface area contributed by atoms with E-state index in [2.05, 4.69) is 0 Å². The fourth-order valence-electron chi connectivity index (χ4n) is 0. The van der Waals surface area contributed by atoms with Gasteiger partial charge in [0.05, 0.1) is 13.2 Å². The Kier molecular flexibility index (Phi) is 16.3. The van der Waals surface area contributed by atoms with Gasteiger partial charge in [-0.3, -0.25) is 0 Å². The maximum atomic E-state index is 7.62. The summed E-state index contributed by atoms with van der Waals surface area (Å²) in [6.45, 7) is -0.250. The zero-order chi connectivity index (χ0) is 3.41. The van der Waals surface area contributed by atoms with Crippen LogP contribution in [0.4, 0.5) is 0 Å². The van der Waals surface area contributed by atoms with E-state index < -0.39 is 0 Å². The molecule has 0 aliphatic rings. The molecule has 0 radical (unpaired) electrons. The molecule has 2 nitrogen and oxygen atoms in total. The second-order valence-corrected chi connectivity index (χ2v) is 0.447. The summed E-state index contributed by atoms with van der Waals surface area (Å²) in [5.41, 5.74) is 0. The number of aliphatic hydroxyl groups excluding tert-OH is 2. The molecule has 0 aromatic carbocycles. The first-order valence-electron chi connectivity index (χ1n) is 1.13. The third kappa shape index (κ3) is 11.6. The molecular formula is C2H9InO2. The third-order valence-corrected chi connectivity index (χ3v) is 0.1000. The van der Waals surface area contributed by atoms with Crippen LogP contribution in [0.1, 0.15) is 0 Å². The van der Waals surface area contributed by atoms with Crippen LogP contribution in [0.25, 0.3) is 0 Å². The number of aliphatic hydroxyl groups is 2. The van der Waals surface area contributed by atoms with Crippen molar-refractivity contribution in [2.24, 2.45) is 0 Å². The van der Waals surface area contributed by atoms with Gasteiger partial charge in [0.25, 0.3) is 0 Å². The van der Waals surface area contributed by atoms with Crippen LogP contribution in [0.2, 0.25) is 0 Å². The molecule has 5 heavy (non-hydrogen) atoms. The van der Waals surface area contributed by atoms with Gasteiger partial charge in [-0.25, -0.2) is 0 Å². The Balaban J connectivity index is 0. The van der Waals surface area contributed by atoms with Crippen molar-refractivity contribution in [1.82, 2.24) is 0 Å². The van der Waals surface area contributed by atoms with Crippen LogP contribution in [0, 0.1) is 0 Å². The zero-order valence-corrected chi connectivity index (χ0v) is 2.31. The normalized spacial score (nSPS) is 6.00. The van der Waals surface area contributed by atoms with Crippen molar-refractivity contribution in [3.05, 3.63) is 0 Å². The van der Waals surface area contributed by atoms with Gasteiger partial charge in [-0.2, -0.15) is 0 Å². The molecule has 3 heteroatoms. The van der Waals surface area contributed by atoms with E-state index in [0.29, 0.717) is 0 Å². The van der Waals surface area contributed by atoms with Crippen LogP contribution in [0.5, 0.6) is 0 Å². The van der Waals surface area contributed by atoms with E-state index in [1.807, 2.05) is 0 Å². The van der Waals surface area contributed by atoms with E-state index in [0.717, 1.165) is 0 Å². The molecule has 0 spiro atoms. The van der Waals surface area contributed by atoms with Crippen LogP contribution < -0.4 is 0 Å². The summed E-state index contributed by atoms with van der Waals surface area (Å²) in [5.74, 6) is 0. The van der Waals surface area contributed by atoms with E-state index >= 15 is 0 Å². The van der Waals surface area contributed by atoms with Gasteiger partial charge in [0.2, 0.25) is 0 Å². The molecule has 2 N–H and O–H groups in total. The maximum absolute atomic E-state index is 7.62. The predicted molar refractivity (Wildman–Crippen MR) is 24.1 cm³/mol. The van der Waals surface area contributed by atoms with Crippen LogP contribution >= 0.6 is 0 Å².